The topological polar surface area (TPSA) is 22.1 Å². The molecule has 2 heteroatoms. The number of fused-ring (bicyclic) bond motifs is 1. The van der Waals surface area contributed by atoms with Crippen LogP contribution in [0.15, 0.2) is 18.3 Å². The molecule has 0 spiro atoms. The Bertz CT molecular complexity index is 272. The van der Waals surface area contributed by atoms with E-state index in [9.17, 15) is 0 Å². The van der Waals surface area contributed by atoms with E-state index in [1.54, 1.807) is 7.11 Å². The summed E-state index contributed by atoms with van der Waals surface area (Å²) in [5, 5.41) is 0. The van der Waals surface area contributed by atoms with Crippen LogP contribution in [0.1, 0.15) is 30.2 Å². The van der Waals surface area contributed by atoms with Gasteiger partial charge >= 0.3 is 0 Å². The maximum Gasteiger partial charge on any atom is 0.0993 e. The van der Waals surface area contributed by atoms with Crippen LogP contribution in [0.2, 0.25) is 0 Å². The molecule has 0 unspecified atom stereocenters. The van der Waals surface area contributed by atoms with Crippen LogP contribution in [-0.2, 0) is 11.2 Å². The van der Waals surface area contributed by atoms with Gasteiger partial charge in [0.1, 0.15) is 0 Å². The van der Waals surface area contributed by atoms with E-state index in [-0.39, 0.29) is 6.10 Å². The third-order valence-corrected chi connectivity index (χ3v) is 2.43. The predicted octanol–water partition coefficient (Wildman–Crippen LogP) is 2.11. The summed E-state index contributed by atoms with van der Waals surface area (Å²) in [6.45, 7) is 0. The first-order valence-corrected chi connectivity index (χ1v) is 4.38. The fourth-order valence-corrected chi connectivity index (χ4v) is 1.80. The second-order valence-electron chi connectivity index (χ2n) is 3.16. The molecular weight excluding hydrogens is 150 g/mol. The van der Waals surface area contributed by atoms with E-state index in [0.717, 1.165) is 18.5 Å². The van der Waals surface area contributed by atoms with Crippen LogP contribution in [0.3, 0.4) is 0 Å². The summed E-state index contributed by atoms with van der Waals surface area (Å²) in [4.78, 5) is 4.35. The lowest BCUT2D eigenvalue weighted by Crippen LogP contribution is -2.12. The average molecular weight is 163 g/mol. The molecule has 1 aliphatic rings. The van der Waals surface area contributed by atoms with E-state index in [1.807, 2.05) is 12.3 Å². The minimum Gasteiger partial charge on any atom is -0.375 e. The summed E-state index contributed by atoms with van der Waals surface area (Å²) in [6.07, 6.45) is 5.56. The van der Waals surface area contributed by atoms with Gasteiger partial charge in [0.2, 0.25) is 0 Å². The Kier molecular flexibility index (Phi) is 2.09. The summed E-state index contributed by atoms with van der Waals surface area (Å²) in [7, 11) is 1.76. The Labute approximate surface area is 72.6 Å². The first kappa shape index (κ1) is 7.74. The fraction of sp³-hybridized carbons (Fsp3) is 0.500. The zero-order valence-electron chi connectivity index (χ0n) is 7.29. The molecule has 64 valence electrons. The van der Waals surface area contributed by atoms with Crippen LogP contribution in [-0.4, -0.2) is 12.1 Å². The minimum absolute atomic E-state index is 0.231. The molecule has 1 aromatic rings. The lowest BCUT2D eigenvalue weighted by atomic mass is 9.94. The van der Waals surface area contributed by atoms with Crippen LogP contribution in [0.5, 0.6) is 0 Å². The normalized spacial score (nSPS) is 21.9. The molecule has 0 saturated heterocycles. The van der Waals surface area contributed by atoms with Gasteiger partial charge in [-0.05, 0) is 30.9 Å². The van der Waals surface area contributed by atoms with Gasteiger partial charge in [-0.2, -0.15) is 0 Å². The second kappa shape index (κ2) is 3.23. The van der Waals surface area contributed by atoms with E-state index in [1.165, 1.54) is 12.0 Å². The molecule has 0 amide bonds. The van der Waals surface area contributed by atoms with Crippen LogP contribution in [0.25, 0.3) is 0 Å². The largest absolute Gasteiger partial charge is 0.375 e. The van der Waals surface area contributed by atoms with Crippen molar-refractivity contribution in [1.82, 2.24) is 4.98 Å². The maximum atomic E-state index is 5.36. The molecular formula is C10H13NO. The summed E-state index contributed by atoms with van der Waals surface area (Å²) in [6, 6.07) is 4.14. The quantitative estimate of drug-likeness (QED) is 0.632. The Morgan fingerprint density at radius 3 is 3.33 bits per heavy atom. The lowest BCUT2D eigenvalue weighted by molar-refractivity contribution is 0.0843. The molecule has 1 heterocycles. The van der Waals surface area contributed by atoms with Gasteiger partial charge in [0, 0.05) is 13.3 Å². The van der Waals surface area contributed by atoms with Crippen LogP contribution >= 0.6 is 0 Å². The summed E-state index contributed by atoms with van der Waals surface area (Å²) < 4.78 is 5.36. The SMILES string of the molecule is CO[C@@H]1CCCc2cccnc21. The van der Waals surface area contributed by atoms with Gasteiger partial charge in [0.25, 0.3) is 0 Å². The smallest absolute Gasteiger partial charge is 0.0993 e. The van der Waals surface area contributed by atoms with E-state index >= 15 is 0 Å². The van der Waals surface area contributed by atoms with Crippen molar-refractivity contribution in [2.75, 3.05) is 7.11 Å². The first-order valence-electron chi connectivity index (χ1n) is 4.38. The number of rotatable bonds is 1. The number of aromatic nitrogens is 1. The monoisotopic (exact) mass is 163 g/mol. The third-order valence-electron chi connectivity index (χ3n) is 2.43. The maximum absolute atomic E-state index is 5.36. The van der Waals surface area contributed by atoms with Gasteiger partial charge in [-0.15, -0.1) is 0 Å². The number of hydrogen-bond acceptors (Lipinski definition) is 2. The van der Waals surface area contributed by atoms with Gasteiger partial charge in [0.15, 0.2) is 0 Å². The third kappa shape index (κ3) is 1.23. The zero-order chi connectivity index (χ0) is 8.39. The molecule has 0 saturated carbocycles. The highest BCUT2D eigenvalue weighted by Crippen LogP contribution is 2.29. The van der Waals surface area contributed by atoms with E-state index < -0.39 is 0 Å². The second-order valence-corrected chi connectivity index (χ2v) is 3.16. The average Bonchev–Trinajstić information content (AvgIpc) is 2.17. The standard InChI is InChI=1S/C10H13NO/c1-12-9-6-2-4-8-5-3-7-11-10(8)9/h3,5,7,9H,2,4,6H2,1H3/t9-/m1/s1. The minimum atomic E-state index is 0.231. The molecule has 0 N–H and O–H groups in total. The molecule has 12 heavy (non-hydrogen) atoms. The van der Waals surface area contributed by atoms with Crippen molar-refractivity contribution in [3.63, 3.8) is 0 Å². The van der Waals surface area contributed by atoms with Gasteiger partial charge in [-0.3, -0.25) is 4.98 Å². The van der Waals surface area contributed by atoms with Crippen molar-refractivity contribution < 1.29 is 4.74 Å². The molecule has 0 aromatic carbocycles. The number of pyridine rings is 1. The summed E-state index contributed by atoms with van der Waals surface area (Å²) in [5.74, 6) is 0. The fourth-order valence-electron chi connectivity index (χ4n) is 1.80. The highest BCUT2D eigenvalue weighted by Gasteiger charge is 2.19. The molecule has 1 aliphatic carbocycles. The van der Waals surface area contributed by atoms with Crippen molar-refractivity contribution in [2.45, 2.75) is 25.4 Å². The van der Waals surface area contributed by atoms with Gasteiger partial charge < -0.3 is 4.74 Å². The number of hydrogen-bond donors (Lipinski definition) is 0. The molecule has 0 bridgehead atoms. The van der Waals surface area contributed by atoms with Crippen molar-refractivity contribution >= 4 is 0 Å². The van der Waals surface area contributed by atoms with Crippen molar-refractivity contribution in [3.05, 3.63) is 29.6 Å². The van der Waals surface area contributed by atoms with Crippen LogP contribution in [0.4, 0.5) is 0 Å². The molecule has 0 aliphatic heterocycles. The Balaban J connectivity index is 2.37. The van der Waals surface area contributed by atoms with Gasteiger partial charge in [0.05, 0.1) is 11.8 Å². The molecule has 1 atom stereocenters. The molecule has 1 aromatic heterocycles. The Morgan fingerprint density at radius 1 is 1.58 bits per heavy atom. The van der Waals surface area contributed by atoms with Crippen LogP contribution < -0.4 is 0 Å². The summed E-state index contributed by atoms with van der Waals surface area (Å²) in [5.41, 5.74) is 2.50. The van der Waals surface area contributed by atoms with Crippen LogP contribution in [0, 0.1) is 0 Å². The van der Waals surface area contributed by atoms with Gasteiger partial charge in [-0.1, -0.05) is 6.07 Å². The number of aryl methyl sites for hydroxylation is 1. The Morgan fingerprint density at radius 2 is 2.50 bits per heavy atom. The molecule has 0 fully saturated rings. The highest BCUT2D eigenvalue weighted by molar-refractivity contribution is 5.24. The van der Waals surface area contributed by atoms with Gasteiger partial charge in [-0.25, -0.2) is 0 Å². The van der Waals surface area contributed by atoms with Crippen molar-refractivity contribution in [3.8, 4) is 0 Å². The number of nitrogens with zero attached hydrogens (tertiary/aromatic N) is 1. The number of methoxy groups -OCH3 is 1. The number of ether oxygens (including phenoxy) is 1. The lowest BCUT2D eigenvalue weighted by Gasteiger charge is -2.22. The highest BCUT2D eigenvalue weighted by atomic mass is 16.5. The van der Waals surface area contributed by atoms with E-state index in [2.05, 4.69) is 11.1 Å². The predicted molar refractivity (Wildman–Crippen MR) is 46.9 cm³/mol. The Hall–Kier alpha value is -0.890. The zero-order valence-corrected chi connectivity index (χ0v) is 7.29. The van der Waals surface area contributed by atoms with E-state index in [4.69, 9.17) is 4.74 Å². The van der Waals surface area contributed by atoms with Crippen molar-refractivity contribution in [2.24, 2.45) is 0 Å². The summed E-state index contributed by atoms with van der Waals surface area (Å²) >= 11 is 0. The first-order chi connectivity index (χ1) is 5.92. The molecule has 2 nitrogen and oxygen atoms in total. The van der Waals surface area contributed by atoms with Crippen molar-refractivity contribution in [1.29, 1.82) is 0 Å². The van der Waals surface area contributed by atoms with E-state index in [0.29, 0.717) is 0 Å². The molecule has 0 radical (unpaired) electrons. The molecule has 2 rings (SSSR count).